The SMILES string of the molecule is CNCc1c(F)cccc1N(CCC(C)C)C1CCCC1. The Morgan fingerprint density at radius 2 is 2.00 bits per heavy atom. The Labute approximate surface area is 128 Å². The van der Waals surface area contributed by atoms with Crippen molar-refractivity contribution in [2.24, 2.45) is 5.92 Å². The molecule has 0 aliphatic heterocycles. The highest BCUT2D eigenvalue weighted by atomic mass is 19.1. The third-order valence-electron chi connectivity index (χ3n) is 4.47. The first-order valence-electron chi connectivity index (χ1n) is 8.32. The standard InChI is InChI=1S/C18H29FN2/c1-14(2)11-12-21(15-7-4-5-8-15)18-10-6-9-17(19)16(18)13-20-3/h6,9-10,14-15,20H,4-5,7-8,11-13H2,1-3H3. The van der Waals surface area contributed by atoms with Crippen LogP contribution in [0.2, 0.25) is 0 Å². The van der Waals surface area contributed by atoms with Gasteiger partial charge in [0.15, 0.2) is 0 Å². The molecule has 2 nitrogen and oxygen atoms in total. The van der Waals surface area contributed by atoms with E-state index in [1.165, 1.54) is 25.7 Å². The Balaban J connectivity index is 2.28. The average molecular weight is 292 g/mol. The van der Waals surface area contributed by atoms with Gasteiger partial charge in [-0.25, -0.2) is 4.39 Å². The molecule has 0 bridgehead atoms. The molecule has 0 heterocycles. The lowest BCUT2D eigenvalue weighted by Gasteiger charge is -2.33. The van der Waals surface area contributed by atoms with E-state index in [1.807, 2.05) is 13.1 Å². The largest absolute Gasteiger partial charge is 0.368 e. The zero-order valence-electron chi connectivity index (χ0n) is 13.7. The third-order valence-corrected chi connectivity index (χ3v) is 4.47. The second-order valence-corrected chi connectivity index (χ2v) is 6.58. The van der Waals surface area contributed by atoms with E-state index in [-0.39, 0.29) is 5.82 Å². The van der Waals surface area contributed by atoms with Crippen LogP contribution in [0.1, 0.15) is 51.5 Å². The van der Waals surface area contributed by atoms with Crippen molar-refractivity contribution in [3.05, 3.63) is 29.6 Å². The van der Waals surface area contributed by atoms with Gasteiger partial charge >= 0.3 is 0 Å². The maximum Gasteiger partial charge on any atom is 0.129 e. The van der Waals surface area contributed by atoms with Gasteiger partial charge in [-0.2, -0.15) is 0 Å². The minimum atomic E-state index is -0.0885. The Bertz CT molecular complexity index is 439. The summed E-state index contributed by atoms with van der Waals surface area (Å²) in [4.78, 5) is 2.47. The van der Waals surface area contributed by atoms with Gasteiger partial charge in [-0.1, -0.05) is 32.8 Å². The highest BCUT2D eigenvalue weighted by Crippen LogP contribution is 2.32. The van der Waals surface area contributed by atoms with E-state index >= 15 is 0 Å². The number of anilines is 1. The number of rotatable bonds is 7. The fraction of sp³-hybridized carbons (Fsp3) is 0.667. The number of nitrogens with one attached hydrogen (secondary N) is 1. The zero-order chi connectivity index (χ0) is 15.2. The number of halogens is 1. The molecule has 0 spiro atoms. The fourth-order valence-electron chi connectivity index (χ4n) is 3.28. The first kappa shape index (κ1) is 16.3. The molecule has 3 heteroatoms. The highest BCUT2D eigenvalue weighted by molar-refractivity contribution is 5.55. The number of hydrogen-bond donors (Lipinski definition) is 1. The predicted molar refractivity (Wildman–Crippen MR) is 88.2 cm³/mol. The zero-order valence-corrected chi connectivity index (χ0v) is 13.7. The molecule has 0 aromatic heterocycles. The van der Waals surface area contributed by atoms with Crippen LogP contribution in [0.4, 0.5) is 10.1 Å². The summed E-state index contributed by atoms with van der Waals surface area (Å²) in [5, 5.41) is 3.11. The average Bonchev–Trinajstić information content (AvgIpc) is 2.96. The van der Waals surface area contributed by atoms with Crippen LogP contribution in [0.15, 0.2) is 18.2 Å². The summed E-state index contributed by atoms with van der Waals surface area (Å²) < 4.78 is 14.2. The molecule has 1 aliphatic carbocycles. The van der Waals surface area contributed by atoms with E-state index in [2.05, 4.69) is 30.1 Å². The molecule has 1 fully saturated rings. The van der Waals surface area contributed by atoms with E-state index < -0.39 is 0 Å². The quantitative estimate of drug-likeness (QED) is 0.804. The summed E-state index contributed by atoms with van der Waals surface area (Å²) in [6.07, 6.45) is 6.26. The molecule has 0 amide bonds. The van der Waals surface area contributed by atoms with Crippen LogP contribution in [0.5, 0.6) is 0 Å². The molecule has 118 valence electrons. The highest BCUT2D eigenvalue weighted by Gasteiger charge is 2.25. The number of benzene rings is 1. The van der Waals surface area contributed by atoms with Crippen LogP contribution in [-0.2, 0) is 6.54 Å². The molecule has 0 unspecified atom stereocenters. The van der Waals surface area contributed by atoms with Crippen molar-refractivity contribution < 1.29 is 4.39 Å². The van der Waals surface area contributed by atoms with Gasteiger partial charge in [0.25, 0.3) is 0 Å². The van der Waals surface area contributed by atoms with Crippen molar-refractivity contribution >= 4 is 5.69 Å². The number of hydrogen-bond acceptors (Lipinski definition) is 2. The number of nitrogens with zero attached hydrogens (tertiary/aromatic N) is 1. The van der Waals surface area contributed by atoms with Gasteiger partial charge in [-0.3, -0.25) is 0 Å². The minimum absolute atomic E-state index is 0.0885. The van der Waals surface area contributed by atoms with E-state index in [4.69, 9.17) is 0 Å². The lowest BCUT2D eigenvalue weighted by atomic mass is 10.0. The first-order chi connectivity index (χ1) is 10.1. The topological polar surface area (TPSA) is 15.3 Å². The van der Waals surface area contributed by atoms with E-state index in [1.54, 1.807) is 6.07 Å². The lowest BCUT2D eigenvalue weighted by molar-refractivity contribution is 0.523. The van der Waals surface area contributed by atoms with Crippen LogP contribution in [-0.4, -0.2) is 19.6 Å². The summed E-state index contributed by atoms with van der Waals surface area (Å²) in [5.41, 5.74) is 1.91. The normalized spacial score (nSPS) is 15.9. The smallest absolute Gasteiger partial charge is 0.129 e. The van der Waals surface area contributed by atoms with Gasteiger partial charge in [0, 0.05) is 30.4 Å². The molecule has 1 N–H and O–H groups in total. The van der Waals surface area contributed by atoms with Gasteiger partial charge in [-0.15, -0.1) is 0 Å². The van der Waals surface area contributed by atoms with Gasteiger partial charge in [-0.05, 0) is 44.4 Å². The minimum Gasteiger partial charge on any atom is -0.368 e. The van der Waals surface area contributed by atoms with E-state index in [0.717, 1.165) is 24.2 Å². The summed E-state index contributed by atoms with van der Waals surface area (Å²) in [6, 6.07) is 6.10. The van der Waals surface area contributed by atoms with E-state index in [9.17, 15) is 4.39 Å². The monoisotopic (exact) mass is 292 g/mol. The fourth-order valence-corrected chi connectivity index (χ4v) is 3.28. The second kappa shape index (κ2) is 7.79. The van der Waals surface area contributed by atoms with Crippen LogP contribution in [0.3, 0.4) is 0 Å². The van der Waals surface area contributed by atoms with Crippen LogP contribution < -0.4 is 10.2 Å². The van der Waals surface area contributed by atoms with Gasteiger partial charge in [0.1, 0.15) is 5.82 Å². The molecule has 1 saturated carbocycles. The van der Waals surface area contributed by atoms with Gasteiger partial charge < -0.3 is 10.2 Å². The van der Waals surface area contributed by atoms with E-state index in [0.29, 0.717) is 18.5 Å². The molecular weight excluding hydrogens is 263 g/mol. The summed E-state index contributed by atoms with van der Waals surface area (Å²) in [6.45, 7) is 6.13. The molecule has 0 radical (unpaired) electrons. The summed E-state index contributed by atoms with van der Waals surface area (Å²) >= 11 is 0. The Kier molecular flexibility index (Phi) is 6.04. The molecular formula is C18H29FN2. The summed E-state index contributed by atoms with van der Waals surface area (Å²) in [7, 11) is 1.88. The van der Waals surface area contributed by atoms with Crippen LogP contribution >= 0.6 is 0 Å². The maximum atomic E-state index is 14.2. The van der Waals surface area contributed by atoms with Crippen molar-refractivity contribution in [3.8, 4) is 0 Å². The van der Waals surface area contributed by atoms with Crippen molar-refractivity contribution in [1.82, 2.24) is 5.32 Å². The van der Waals surface area contributed by atoms with Crippen molar-refractivity contribution in [3.63, 3.8) is 0 Å². The second-order valence-electron chi connectivity index (χ2n) is 6.58. The third kappa shape index (κ3) is 4.19. The Hall–Kier alpha value is -1.09. The van der Waals surface area contributed by atoms with Crippen LogP contribution in [0.25, 0.3) is 0 Å². The molecule has 1 aliphatic rings. The molecule has 1 aromatic rings. The summed E-state index contributed by atoms with van der Waals surface area (Å²) in [5.74, 6) is 0.588. The van der Waals surface area contributed by atoms with Gasteiger partial charge in [0.05, 0.1) is 0 Å². The Morgan fingerprint density at radius 3 is 2.62 bits per heavy atom. The van der Waals surface area contributed by atoms with Crippen LogP contribution in [0, 0.1) is 11.7 Å². The molecule has 2 rings (SSSR count). The van der Waals surface area contributed by atoms with Crippen molar-refractivity contribution in [2.75, 3.05) is 18.5 Å². The van der Waals surface area contributed by atoms with Gasteiger partial charge in [0.2, 0.25) is 0 Å². The molecule has 1 aromatic carbocycles. The Morgan fingerprint density at radius 1 is 1.29 bits per heavy atom. The molecule has 21 heavy (non-hydrogen) atoms. The molecule has 0 saturated heterocycles. The maximum absolute atomic E-state index is 14.2. The molecule has 0 atom stereocenters. The lowest BCUT2D eigenvalue weighted by Crippen LogP contribution is -2.36. The predicted octanol–water partition coefficient (Wildman–Crippen LogP) is 4.34. The first-order valence-corrected chi connectivity index (χ1v) is 8.32. The van der Waals surface area contributed by atoms with Crippen molar-refractivity contribution in [2.45, 2.75) is 58.5 Å². The van der Waals surface area contributed by atoms with Crippen molar-refractivity contribution in [1.29, 1.82) is 0 Å².